The monoisotopic (exact) mass is 218 g/mol. The van der Waals surface area contributed by atoms with Crippen LogP contribution in [-0.4, -0.2) is 0 Å². The maximum atomic E-state index is 8.55. The van der Waals surface area contributed by atoms with Gasteiger partial charge in [-0.3, -0.25) is 0 Å². The zero-order valence-electron chi connectivity index (χ0n) is 8.16. The molecule has 0 fully saturated rings. The van der Waals surface area contributed by atoms with Crippen molar-refractivity contribution in [3.8, 4) is 0 Å². The van der Waals surface area contributed by atoms with Gasteiger partial charge in [0.2, 0.25) is 0 Å². The second-order valence-corrected chi connectivity index (χ2v) is 2.68. The molecule has 0 amide bonds. The van der Waals surface area contributed by atoms with Crippen LogP contribution in [0.4, 0.5) is 0 Å². The molecule has 0 unspecified atom stereocenters. The van der Waals surface area contributed by atoms with Crippen LogP contribution in [0.5, 0.6) is 0 Å². The minimum atomic E-state index is -5.39. The smallest absolute Gasteiger partial charge is 0.822 e. The molecule has 0 aromatic rings. The van der Waals surface area contributed by atoms with Crippen LogP contribution in [0.15, 0.2) is 0 Å². The van der Waals surface area contributed by atoms with E-state index in [9.17, 15) is 0 Å². The average Bonchev–Trinajstić information content (AvgIpc) is 1.12. The SMILES string of the molecule is O=P([O-])([O-])[O-].O=P([O-])([O-])[O-].[Li+].[Li+].[Li+].[Li+]. The van der Waals surface area contributed by atoms with Gasteiger partial charge in [-0.2, -0.15) is 15.6 Å². The van der Waals surface area contributed by atoms with E-state index in [2.05, 4.69) is 0 Å². The van der Waals surface area contributed by atoms with Gasteiger partial charge < -0.3 is 38.5 Å². The van der Waals surface area contributed by atoms with Crippen LogP contribution >= 0.6 is 15.6 Å². The Hall–Kier alpha value is 2.61. The first-order chi connectivity index (χ1) is 4.00. The minimum absolute atomic E-state index is 0. The van der Waals surface area contributed by atoms with E-state index in [-0.39, 0.29) is 75.4 Å². The van der Waals surface area contributed by atoms with Crippen LogP contribution in [0.2, 0.25) is 0 Å². The Morgan fingerprint density at radius 3 is 0.500 bits per heavy atom. The topological polar surface area (TPSA) is 172 Å². The fourth-order valence-electron chi connectivity index (χ4n) is 0. The van der Waals surface area contributed by atoms with Crippen LogP contribution in [0.1, 0.15) is 0 Å². The van der Waals surface area contributed by atoms with Gasteiger partial charge in [-0.25, -0.2) is 0 Å². The van der Waals surface area contributed by atoms with Crippen molar-refractivity contribution in [1.82, 2.24) is 0 Å². The molecule has 0 heterocycles. The van der Waals surface area contributed by atoms with E-state index in [1.54, 1.807) is 0 Å². The predicted octanol–water partition coefficient (Wildman–Crippen LogP) is -17.6. The molecule has 0 spiro atoms. The molecule has 0 rings (SSSR count). The van der Waals surface area contributed by atoms with E-state index >= 15 is 0 Å². The zero-order valence-corrected chi connectivity index (χ0v) is 9.95. The van der Waals surface area contributed by atoms with Gasteiger partial charge in [0, 0.05) is 0 Å². The fourth-order valence-corrected chi connectivity index (χ4v) is 0. The second-order valence-electron chi connectivity index (χ2n) is 0.894. The predicted molar refractivity (Wildman–Crippen MR) is 15.2 cm³/mol. The van der Waals surface area contributed by atoms with Crippen molar-refractivity contribution in [2.24, 2.45) is 0 Å². The van der Waals surface area contributed by atoms with Crippen LogP contribution in [-0.2, 0) is 9.13 Å². The summed E-state index contributed by atoms with van der Waals surface area (Å²) in [5.41, 5.74) is 0. The summed E-state index contributed by atoms with van der Waals surface area (Å²) < 4.78 is 17.1. The van der Waals surface area contributed by atoms with Gasteiger partial charge >= 0.3 is 75.4 Å². The maximum Gasteiger partial charge on any atom is 1.00 e. The molecule has 0 radical (unpaired) electrons. The van der Waals surface area contributed by atoms with Crippen molar-refractivity contribution in [2.45, 2.75) is 0 Å². The van der Waals surface area contributed by atoms with Crippen LogP contribution in [0, 0.1) is 0 Å². The molecule has 0 bridgehead atoms. The minimum Gasteiger partial charge on any atom is -0.822 e. The van der Waals surface area contributed by atoms with Gasteiger partial charge in [0.15, 0.2) is 0 Å². The summed E-state index contributed by atoms with van der Waals surface area (Å²) in [4.78, 5) is 51.3. The third-order valence-electron chi connectivity index (χ3n) is 0. The zero-order chi connectivity index (χ0) is 9.00. The molecule has 0 aliphatic carbocycles. The third-order valence-corrected chi connectivity index (χ3v) is 0. The summed E-state index contributed by atoms with van der Waals surface area (Å²) in [5, 5.41) is 0. The van der Waals surface area contributed by atoms with E-state index in [1.807, 2.05) is 0 Å². The van der Waals surface area contributed by atoms with Crippen molar-refractivity contribution >= 4 is 15.6 Å². The van der Waals surface area contributed by atoms with E-state index in [0.29, 0.717) is 0 Å². The molecule has 0 saturated carbocycles. The van der Waals surface area contributed by atoms with Crippen LogP contribution in [0.3, 0.4) is 0 Å². The molecule has 0 N–H and O–H groups in total. The largest absolute Gasteiger partial charge is 1.00 e. The number of phosphoric acid groups is 2. The van der Waals surface area contributed by atoms with Gasteiger partial charge in [0.05, 0.1) is 0 Å². The van der Waals surface area contributed by atoms with E-state index in [1.165, 1.54) is 0 Å². The molecular formula is Li4O8P2-2. The van der Waals surface area contributed by atoms with Gasteiger partial charge in [-0.05, 0) is 0 Å². The van der Waals surface area contributed by atoms with Crippen molar-refractivity contribution in [2.75, 3.05) is 0 Å². The first-order valence-corrected chi connectivity index (χ1v) is 4.38. The first kappa shape index (κ1) is 36.0. The summed E-state index contributed by atoms with van der Waals surface area (Å²) in [6, 6.07) is 0. The molecule has 0 aliphatic rings. The van der Waals surface area contributed by atoms with Crippen molar-refractivity contribution in [3.05, 3.63) is 0 Å². The van der Waals surface area contributed by atoms with Crippen molar-refractivity contribution < 1.29 is 114 Å². The summed E-state index contributed by atoms with van der Waals surface area (Å²) in [6.07, 6.45) is 0. The Kier molecular flexibility index (Phi) is 40.1. The van der Waals surface area contributed by atoms with Crippen molar-refractivity contribution in [3.63, 3.8) is 0 Å². The van der Waals surface area contributed by atoms with E-state index in [0.717, 1.165) is 0 Å². The summed E-state index contributed by atoms with van der Waals surface area (Å²) in [5.74, 6) is 0. The number of rotatable bonds is 0. The van der Waals surface area contributed by atoms with E-state index < -0.39 is 15.6 Å². The standard InChI is InChI=1S/4Li.2H3O4P/c;;;;2*1-5(2,3)4/h;;;;2*(H3,1,2,3,4)/q4*+1;;/p-6. The molecule has 14 heavy (non-hydrogen) atoms. The molecule has 14 heteroatoms. The van der Waals surface area contributed by atoms with Crippen molar-refractivity contribution in [1.29, 1.82) is 0 Å². The van der Waals surface area contributed by atoms with E-state index in [4.69, 9.17) is 38.5 Å². The Bertz CT molecular complexity index is 132. The molecule has 0 aromatic heterocycles. The Morgan fingerprint density at radius 2 is 0.500 bits per heavy atom. The second kappa shape index (κ2) is 15.6. The molecule has 64 valence electrons. The van der Waals surface area contributed by atoms with Gasteiger partial charge in [-0.15, -0.1) is 0 Å². The Balaban J connectivity index is -0.0000000178. The Morgan fingerprint density at radius 1 is 0.500 bits per heavy atom. The summed E-state index contributed by atoms with van der Waals surface area (Å²) in [7, 11) is -10.8. The normalized spacial score (nSPS) is 8.43. The van der Waals surface area contributed by atoms with Gasteiger partial charge in [0.1, 0.15) is 0 Å². The quantitative estimate of drug-likeness (QED) is 0.284. The molecule has 0 aliphatic heterocycles. The van der Waals surface area contributed by atoms with Gasteiger partial charge in [-0.1, -0.05) is 0 Å². The molecule has 0 aromatic carbocycles. The number of hydrogen-bond donors (Lipinski definition) is 0. The third kappa shape index (κ3) is 397. The van der Waals surface area contributed by atoms with Crippen LogP contribution < -0.4 is 105 Å². The molecular weight excluding hydrogens is 218 g/mol. The number of hydrogen-bond acceptors (Lipinski definition) is 8. The first-order valence-electron chi connectivity index (χ1n) is 1.46. The fraction of sp³-hybridized carbons (Fsp3) is 0. The summed E-state index contributed by atoms with van der Waals surface area (Å²) >= 11 is 0. The summed E-state index contributed by atoms with van der Waals surface area (Å²) in [6.45, 7) is 0. The molecule has 0 saturated heterocycles. The molecule has 0 atom stereocenters. The van der Waals surface area contributed by atoms with Crippen LogP contribution in [0.25, 0.3) is 0 Å². The average molecular weight is 218 g/mol. The molecule has 8 nitrogen and oxygen atoms in total. The maximum absolute atomic E-state index is 8.55. The Labute approximate surface area is 128 Å². The van der Waals surface area contributed by atoms with Gasteiger partial charge in [0.25, 0.3) is 0 Å².